The zero-order valence-electron chi connectivity index (χ0n) is 16.3. The van der Waals surface area contributed by atoms with Crippen molar-refractivity contribution in [2.75, 3.05) is 23.0 Å². The molecule has 0 aromatic heterocycles. The van der Waals surface area contributed by atoms with Gasteiger partial charge in [0.2, 0.25) is 0 Å². The van der Waals surface area contributed by atoms with E-state index in [1.807, 2.05) is 18.7 Å². The summed E-state index contributed by atoms with van der Waals surface area (Å²) >= 11 is 0. The van der Waals surface area contributed by atoms with Crippen LogP contribution in [-0.4, -0.2) is 37.4 Å². The number of nitro groups is 1. The summed E-state index contributed by atoms with van der Waals surface area (Å²) in [5.41, 5.74) is 0.224. The summed E-state index contributed by atoms with van der Waals surface area (Å²) in [6.07, 6.45) is 0.940. The maximum absolute atomic E-state index is 11.8. The van der Waals surface area contributed by atoms with Crippen LogP contribution >= 0.6 is 0 Å². The molecule has 27 heavy (non-hydrogen) atoms. The van der Waals surface area contributed by atoms with E-state index in [9.17, 15) is 23.8 Å². The van der Waals surface area contributed by atoms with E-state index in [1.165, 1.54) is 6.07 Å². The average molecular weight is 394 g/mol. The molecule has 1 aromatic rings. The zero-order valence-corrected chi connectivity index (χ0v) is 17.1. The molecule has 7 nitrogen and oxygen atoms in total. The molecular formula is C19H27N3O4S. The van der Waals surface area contributed by atoms with E-state index in [1.54, 1.807) is 26.0 Å². The second-order valence-corrected chi connectivity index (χ2v) is 10.4. The second-order valence-electron chi connectivity index (χ2n) is 8.13. The fourth-order valence-electron chi connectivity index (χ4n) is 3.39. The maximum atomic E-state index is 11.8. The van der Waals surface area contributed by atoms with E-state index < -0.39 is 20.2 Å². The van der Waals surface area contributed by atoms with Crippen LogP contribution < -0.4 is 4.90 Å². The molecule has 1 aliphatic rings. The van der Waals surface area contributed by atoms with Crippen molar-refractivity contribution in [3.63, 3.8) is 0 Å². The number of hydrogen-bond acceptors (Lipinski definition) is 6. The van der Waals surface area contributed by atoms with Gasteiger partial charge >= 0.3 is 0 Å². The molecule has 0 atom stereocenters. The molecule has 0 spiro atoms. The SMILES string of the molecule is CC(C)CN(c1ccc(C(C)(C)C#N)cc1[N+](=O)[O-])C1CCS(=O)(=O)CC1. The third-order valence-electron chi connectivity index (χ3n) is 5.01. The van der Waals surface area contributed by atoms with Gasteiger partial charge in [0.1, 0.15) is 15.5 Å². The number of rotatable bonds is 6. The van der Waals surface area contributed by atoms with Crippen molar-refractivity contribution in [3.8, 4) is 6.07 Å². The van der Waals surface area contributed by atoms with Gasteiger partial charge in [-0.25, -0.2) is 8.42 Å². The van der Waals surface area contributed by atoms with Gasteiger partial charge in [-0.2, -0.15) is 5.26 Å². The molecule has 0 radical (unpaired) electrons. The number of nitrogens with zero attached hydrogens (tertiary/aromatic N) is 3. The minimum Gasteiger partial charge on any atom is -0.363 e. The van der Waals surface area contributed by atoms with Crippen LogP contribution in [0.4, 0.5) is 11.4 Å². The number of benzene rings is 1. The summed E-state index contributed by atoms with van der Waals surface area (Å²) in [7, 11) is -3.01. The number of sulfone groups is 1. The van der Waals surface area contributed by atoms with Gasteiger partial charge in [-0.15, -0.1) is 0 Å². The van der Waals surface area contributed by atoms with Crippen LogP contribution in [0.15, 0.2) is 18.2 Å². The fourth-order valence-corrected chi connectivity index (χ4v) is 4.86. The summed E-state index contributed by atoms with van der Waals surface area (Å²) in [5, 5.41) is 21.1. The Hall–Kier alpha value is -2.14. The van der Waals surface area contributed by atoms with E-state index in [2.05, 4.69) is 6.07 Å². The lowest BCUT2D eigenvalue weighted by Gasteiger charge is -2.37. The fraction of sp³-hybridized carbons (Fsp3) is 0.632. The molecule has 0 amide bonds. The first-order valence-corrected chi connectivity index (χ1v) is 11.0. The van der Waals surface area contributed by atoms with E-state index in [-0.39, 0.29) is 29.2 Å². The lowest BCUT2D eigenvalue weighted by molar-refractivity contribution is -0.384. The lowest BCUT2D eigenvalue weighted by Crippen LogP contribution is -2.43. The van der Waals surface area contributed by atoms with Gasteiger partial charge < -0.3 is 4.90 Å². The summed E-state index contributed by atoms with van der Waals surface area (Å²) in [6.45, 7) is 8.12. The largest absolute Gasteiger partial charge is 0.363 e. The molecule has 1 aromatic carbocycles. The van der Waals surface area contributed by atoms with E-state index in [0.29, 0.717) is 30.6 Å². The van der Waals surface area contributed by atoms with Crippen molar-refractivity contribution in [2.24, 2.45) is 5.92 Å². The molecule has 8 heteroatoms. The molecule has 0 unspecified atom stereocenters. The molecule has 1 aliphatic heterocycles. The maximum Gasteiger partial charge on any atom is 0.292 e. The number of anilines is 1. The highest BCUT2D eigenvalue weighted by Crippen LogP contribution is 2.36. The Morgan fingerprint density at radius 2 is 1.93 bits per heavy atom. The normalized spacial score (nSPS) is 17.5. The number of hydrogen-bond donors (Lipinski definition) is 0. The Kier molecular flexibility index (Phi) is 6.15. The van der Waals surface area contributed by atoms with Gasteiger partial charge in [-0.1, -0.05) is 19.9 Å². The average Bonchev–Trinajstić information content (AvgIpc) is 2.59. The first-order valence-electron chi connectivity index (χ1n) is 9.14. The Morgan fingerprint density at radius 1 is 1.33 bits per heavy atom. The van der Waals surface area contributed by atoms with Crippen molar-refractivity contribution < 1.29 is 13.3 Å². The quantitative estimate of drug-likeness (QED) is 0.541. The first kappa shape index (κ1) is 21.2. The molecule has 0 bridgehead atoms. The van der Waals surface area contributed by atoms with Crippen LogP contribution in [0.2, 0.25) is 0 Å². The Balaban J connectivity index is 2.49. The van der Waals surface area contributed by atoms with Crippen molar-refractivity contribution in [1.29, 1.82) is 5.26 Å². The smallest absolute Gasteiger partial charge is 0.292 e. The predicted molar refractivity (Wildman–Crippen MR) is 106 cm³/mol. The molecular weight excluding hydrogens is 366 g/mol. The van der Waals surface area contributed by atoms with E-state index in [4.69, 9.17) is 0 Å². The van der Waals surface area contributed by atoms with Gasteiger partial charge in [0.05, 0.1) is 27.9 Å². The van der Waals surface area contributed by atoms with E-state index >= 15 is 0 Å². The van der Waals surface area contributed by atoms with Gasteiger partial charge in [0, 0.05) is 18.7 Å². The van der Waals surface area contributed by atoms with Crippen LogP contribution in [-0.2, 0) is 15.3 Å². The zero-order chi connectivity index (χ0) is 20.4. The molecule has 1 heterocycles. The van der Waals surface area contributed by atoms with Gasteiger partial charge in [0.15, 0.2) is 0 Å². The lowest BCUT2D eigenvalue weighted by atomic mass is 9.86. The highest BCUT2D eigenvalue weighted by atomic mass is 32.2. The predicted octanol–water partition coefficient (Wildman–Crippen LogP) is 3.44. The molecule has 0 saturated carbocycles. The topological polar surface area (TPSA) is 104 Å². The Labute approximate surface area is 161 Å². The minimum atomic E-state index is -3.01. The van der Waals surface area contributed by atoms with Gasteiger partial charge in [0.25, 0.3) is 5.69 Å². The third kappa shape index (κ3) is 4.98. The molecule has 1 fully saturated rings. The second kappa shape index (κ2) is 7.85. The molecule has 1 saturated heterocycles. The van der Waals surface area contributed by atoms with Crippen LogP contribution in [0.3, 0.4) is 0 Å². The Morgan fingerprint density at radius 3 is 2.41 bits per heavy atom. The molecule has 0 aliphatic carbocycles. The summed E-state index contributed by atoms with van der Waals surface area (Å²) < 4.78 is 23.6. The van der Waals surface area contributed by atoms with Gasteiger partial charge in [-0.3, -0.25) is 10.1 Å². The Bertz CT molecular complexity index is 842. The third-order valence-corrected chi connectivity index (χ3v) is 6.72. The van der Waals surface area contributed by atoms with Crippen LogP contribution in [0.5, 0.6) is 0 Å². The molecule has 2 rings (SSSR count). The summed E-state index contributed by atoms with van der Waals surface area (Å²) in [5.74, 6) is 0.484. The van der Waals surface area contributed by atoms with Crippen molar-refractivity contribution in [1.82, 2.24) is 0 Å². The highest BCUT2D eigenvalue weighted by molar-refractivity contribution is 7.91. The minimum absolute atomic E-state index is 0.0371. The first-order chi connectivity index (χ1) is 12.5. The summed E-state index contributed by atoms with van der Waals surface area (Å²) in [6, 6.07) is 7.07. The van der Waals surface area contributed by atoms with E-state index in [0.717, 1.165) is 0 Å². The number of nitro benzene ring substituents is 1. The standard InChI is InChI=1S/C19H27N3O4S/c1-14(2)12-21(16-7-9-27(25,26)10-8-16)17-6-5-15(19(3,4)13-20)11-18(17)22(23)24/h5-6,11,14,16H,7-10,12H2,1-4H3. The highest BCUT2D eigenvalue weighted by Gasteiger charge is 2.33. The van der Waals surface area contributed by atoms with Crippen LogP contribution in [0, 0.1) is 27.4 Å². The van der Waals surface area contributed by atoms with Gasteiger partial charge in [-0.05, 0) is 44.2 Å². The van der Waals surface area contributed by atoms with Crippen molar-refractivity contribution >= 4 is 21.2 Å². The number of nitriles is 1. The monoisotopic (exact) mass is 393 g/mol. The summed E-state index contributed by atoms with van der Waals surface area (Å²) in [4.78, 5) is 13.3. The molecule has 0 N–H and O–H groups in total. The van der Waals surface area contributed by atoms with Crippen LogP contribution in [0.25, 0.3) is 0 Å². The molecule has 148 valence electrons. The van der Waals surface area contributed by atoms with Crippen LogP contribution in [0.1, 0.15) is 46.1 Å². The van der Waals surface area contributed by atoms with Crippen molar-refractivity contribution in [2.45, 2.75) is 52.0 Å². The van der Waals surface area contributed by atoms with Crippen molar-refractivity contribution in [3.05, 3.63) is 33.9 Å².